The minimum atomic E-state index is -0.690. The lowest BCUT2D eigenvalue weighted by Crippen LogP contribution is -2.36. The molecule has 0 atom stereocenters. The lowest BCUT2D eigenvalue weighted by atomic mass is 9.66. The maximum Gasteiger partial charge on any atom is 0.304 e. The summed E-state index contributed by atoms with van der Waals surface area (Å²) in [4.78, 5) is 12.0. The van der Waals surface area contributed by atoms with Crippen LogP contribution in [0, 0.1) is 0 Å². The molecule has 0 saturated heterocycles. The fourth-order valence-electron chi connectivity index (χ4n) is 2.05. The monoisotopic (exact) mass is 274 g/mol. The van der Waals surface area contributed by atoms with Gasteiger partial charge in [0.2, 0.25) is 0 Å². The summed E-state index contributed by atoms with van der Waals surface area (Å²) >= 11 is 5.15. The number of thiophene rings is 1. The van der Waals surface area contributed by atoms with E-state index < -0.39 is 5.97 Å². The third kappa shape index (κ3) is 1.61. The van der Waals surface area contributed by atoms with Gasteiger partial charge in [0.25, 0.3) is 0 Å². The van der Waals surface area contributed by atoms with Crippen molar-refractivity contribution in [2.24, 2.45) is 0 Å². The van der Waals surface area contributed by atoms with E-state index in [-0.39, 0.29) is 11.8 Å². The molecule has 0 radical (unpaired) electrons. The second kappa shape index (κ2) is 3.66. The van der Waals surface area contributed by atoms with Crippen molar-refractivity contribution in [3.8, 4) is 0 Å². The summed E-state index contributed by atoms with van der Waals surface area (Å²) < 4.78 is 1.07. The molecule has 0 aliphatic heterocycles. The van der Waals surface area contributed by atoms with Gasteiger partial charge in [-0.2, -0.15) is 0 Å². The molecular weight excluding hydrogens is 264 g/mol. The van der Waals surface area contributed by atoms with Crippen LogP contribution in [0.15, 0.2) is 15.9 Å². The highest BCUT2D eigenvalue weighted by atomic mass is 79.9. The minimum Gasteiger partial charge on any atom is -0.481 e. The smallest absolute Gasteiger partial charge is 0.304 e. The Hall–Kier alpha value is -0.350. The number of halogens is 1. The van der Waals surface area contributed by atoms with Crippen LogP contribution >= 0.6 is 27.3 Å². The molecule has 1 aliphatic rings. The highest BCUT2D eigenvalue weighted by Gasteiger charge is 2.42. The van der Waals surface area contributed by atoms with Gasteiger partial charge in [-0.15, -0.1) is 11.3 Å². The van der Waals surface area contributed by atoms with Gasteiger partial charge >= 0.3 is 5.97 Å². The topological polar surface area (TPSA) is 37.3 Å². The maximum atomic E-state index is 10.8. The molecule has 1 saturated carbocycles. The zero-order valence-electron chi connectivity index (χ0n) is 7.62. The molecule has 0 unspecified atom stereocenters. The third-order valence-corrected chi connectivity index (χ3v) is 4.98. The molecule has 1 aromatic rings. The van der Waals surface area contributed by atoms with Gasteiger partial charge in [-0.25, -0.2) is 0 Å². The van der Waals surface area contributed by atoms with Crippen LogP contribution in [0.25, 0.3) is 0 Å². The molecule has 14 heavy (non-hydrogen) atoms. The zero-order chi connectivity index (χ0) is 10.2. The molecule has 1 heterocycles. The number of hydrogen-bond acceptors (Lipinski definition) is 2. The SMILES string of the molecule is O=C(O)CC1(c2sccc2Br)CCC1. The number of carbonyl (C=O) groups is 1. The Morgan fingerprint density at radius 2 is 2.36 bits per heavy atom. The van der Waals surface area contributed by atoms with Crippen LogP contribution in [0.2, 0.25) is 0 Å². The Balaban J connectivity index is 2.29. The third-order valence-electron chi connectivity index (χ3n) is 2.90. The molecule has 0 bridgehead atoms. The van der Waals surface area contributed by atoms with Crippen molar-refractivity contribution in [1.82, 2.24) is 0 Å². The van der Waals surface area contributed by atoms with Gasteiger partial charge < -0.3 is 5.11 Å². The first kappa shape index (κ1) is 10.2. The minimum absolute atomic E-state index is 0.0706. The van der Waals surface area contributed by atoms with Crippen LogP contribution in [0.4, 0.5) is 0 Å². The summed E-state index contributed by atoms with van der Waals surface area (Å²) in [7, 11) is 0. The van der Waals surface area contributed by atoms with Gasteiger partial charge in [-0.05, 0) is 40.2 Å². The Labute approximate surface area is 95.1 Å². The van der Waals surface area contributed by atoms with Gasteiger partial charge in [0.15, 0.2) is 0 Å². The quantitative estimate of drug-likeness (QED) is 0.917. The van der Waals surface area contributed by atoms with Crippen molar-refractivity contribution in [3.05, 3.63) is 20.8 Å². The largest absolute Gasteiger partial charge is 0.481 e. The Kier molecular flexibility index (Phi) is 2.66. The van der Waals surface area contributed by atoms with Crippen molar-refractivity contribution in [2.75, 3.05) is 0 Å². The van der Waals surface area contributed by atoms with Gasteiger partial charge in [0, 0.05) is 14.8 Å². The van der Waals surface area contributed by atoms with Crippen LogP contribution < -0.4 is 0 Å². The molecule has 4 heteroatoms. The van der Waals surface area contributed by atoms with Crippen molar-refractivity contribution in [3.63, 3.8) is 0 Å². The molecule has 76 valence electrons. The van der Waals surface area contributed by atoms with E-state index >= 15 is 0 Å². The number of rotatable bonds is 3. The lowest BCUT2D eigenvalue weighted by Gasteiger charge is -2.40. The van der Waals surface area contributed by atoms with Crippen molar-refractivity contribution in [1.29, 1.82) is 0 Å². The first-order valence-electron chi connectivity index (χ1n) is 4.59. The Bertz CT molecular complexity index is 355. The summed E-state index contributed by atoms with van der Waals surface area (Å²) in [5.74, 6) is -0.690. The van der Waals surface area contributed by atoms with E-state index in [1.807, 2.05) is 11.4 Å². The number of carboxylic acids is 1. The lowest BCUT2D eigenvalue weighted by molar-refractivity contribution is -0.139. The number of aliphatic carboxylic acids is 1. The molecule has 2 rings (SSSR count). The summed E-state index contributed by atoms with van der Waals surface area (Å²) in [5.41, 5.74) is -0.0706. The second-order valence-corrected chi connectivity index (χ2v) is 5.57. The van der Waals surface area contributed by atoms with Crippen LogP contribution in [0.1, 0.15) is 30.6 Å². The molecular formula is C10H11BrO2S. The van der Waals surface area contributed by atoms with Crippen molar-refractivity contribution >= 4 is 33.2 Å². The number of hydrogen-bond donors (Lipinski definition) is 1. The molecule has 1 aromatic heterocycles. The van der Waals surface area contributed by atoms with Crippen molar-refractivity contribution in [2.45, 2.75) is 31.1 Å². The first-order valence-corrected chi connectivity index (χ1v) is 6.27. The van der Waals surface area contributed by atoms with Gasteiger partial charge in [-0.1, -0.05) is 6.42 Å². The zero-order valence-corrected chi connectivity index (χ0v) is 10.0. The maximum absolute atomic E-state index is 10.8. The highest BCUT2D eigenvalue weighted by molar-refractivity contribution is 9.10. The Morgan fingerprint density at radius 1 is 1.64 bits per heavy atom. The van der Waals surface area contributed by atoms with Gasteiger partial charge in [-0.3, -0.25) is 4.79 Å². The summed E-state index contributed by atoms with van der Waals surface area (Å²) in [6.07, 6.45) is 3.44. The normalized spacial score (nSPS) is 18.9. The van der Waals surface area contributed by atoms with E-state index in [1.165, 1.54) is 4.88 Å². The standard InChI is InChI=1S/C10H11BrO2S/c11-7-2-5-14-9(7)10(3-1-4-10)6-8(12)13/h2,5H,1,3-4,6H2,(H,12,13). The molecule has 1 aliphatic carbocycles. The summed E-state index contributed by atoms with van der Waals surface area (Å²) in [6.45, 7) is 0. The molecule has 2 nitrogen and oxygen atoms in total. The molecule has 1 N–H and O–H groups in total. The Morgan fingerprint density at radius 3 is 2.71 bits per heavy atom. The summed E-state index contributed by atoms with van der Waals surface area (Å²) in [5, 5.41) is 10.9. The molecule has 0 amide bonds. The predicted molar refractivity (Wildman–Crippen MR) is 59.8 cm³/mol. The van der Waals surface area contributed by atoms with Crippen LogP contribution in [0.3, 0.4) is 0 Å². The summed E-state index contributed by atoms with van der Waals surface area (Å²) in [6, 6.07) is 2.00. The van der Waals surface area contributed by atoms with E-state index in [0.29, 0.717) is 0 Å². The molecule has 1 fully saturated rings. The van der Waals surface area contributed by atoms with Crippen LogP contribution in [-0.2, 0) is 10.2 Å². The highest BCUT2D eigenvalue weighted by Crippen LogP contribution is 2.50. The van der Waals surface area contributed by atoms with Crippen molar-refractivity contribution < 1.29 is 9.90 Å². The first-order chi connectivity index (χ1) is 6.64. The fourth-order valence-corrected chi connectivity index (χ4v) is 4.10. The van der Waals surface area contributed by atoms with E-state index in [2.05, 4.69) is 15.9 Å². The van der Waals surface area contributed by atoms with Gasteiger partial charge in [0.05, 0.1) is 6.42 Å². The average molecular weight is 275 g/mol. The molecule has 0 spiro atoms. The van der Waals surface area contributed by atoms with E-state index in [4.69, 9.17) is 5.11 Å². The second-order valence-electron chi connectivity index (χ2n) is 3.80. The van der Waals surface area contributed by atoms with Crippen LogP contribution in [0.5, 0.6) is 0 Å². The number of carboxylic acid groups (broad SMARTS) is 1. The van der Waals surface area contributed by atoms with E-state index in [9.17, 15) is 4.79 Å². The molecule has 0 aromatic carbocycles. The van der Waals surface area contributed by atoms with Gasteiger partial charge in [0.1, 0.15) is 0 Å². The predicted octanol–water partition coefficient (Wildman–Crippen LogP) is 3.41. The van der Waals surface area contributed by atoms with Crippen LogP contribution in [-0.4, -0.2) is 11.1 Å². The van der Waals surface area contributed by atoms with E-state index in [1.54, 1.807) is 11.3 Å². The van der Waals surface area contributed by atoms with E-state index in [0.717, 1.165) is 23.7 Å². The average Bonchev–Trinajstić information content (AvgIpc) is 2.44. The fraction of sp³-hybridized carbons (Fsp3) is 0.500.